The molecule has 9 aromatic carbocycles. The smallest absolute Gasteiger partial charge is 0.142 e. The molecule has 10 rings (SSSR count). The van der Waals surface area contributed by atoms with Crippen LogP contribution in [0.4, 0.5) is 17.1 Å². The Morgan fingerprint density at radius 3 is 1.05 bits per heavy atom. The molecular weight excluding hydrogens is 679 g/mol. The molecule has 1 aromatic heterocycles. The molecule has 0 spiro atoms. The zero-order valence-electron chi connectivity index (χ0n) is 30.7. The standard InChI is InChI=1S/C54H37NO/c1-3-9-38(10-4-1)40-15-19-42(20-16-40)44-25-31-49(32-26-44)55(50-33-27-45(28-34-50)43-21-17-41(18-22-43)39-11-5-2-6-12-39)51-35-29-47(30-36-51)53-37-48-24-23-46-13-7-8-14-52(46)54(48)56-53/h1-37H. The Kier molecular flexibility index (Phi) is 8.55. The highest BCUT2D eigenvalue weighted by Crippen LogP contribution is 2.39. The molecule has 0 fully saturated rings. The van der Waals surface area contributed by atoms with E-state index in [2.05, 4.69) is 229 Å². The third-order valence-electron chi connectivity index (χ3n) is 10.7. The van der Waals surface area contributed by atoms with E-state index in [1.807, 2.05) is 0 Å². The summed E-state index contributed by atoms with van der Waals surface area (Å²) < 4.78 is 6.50. The van der Waals surface area contributed by atoms with Crippen molar-refractivity contribution < 1.29 is 4.42 Å². The maximum Gasteiger partial charge on any atom is 0.142 e. The van der Waals surface area contributed by atoms with Crippen molar-refractivity contribution in [3.63, 3.8) is 0 Å². The molecular formula is C54H37NO. The van der Waals surface area contributed by atoms with E-state index < -0.39 is 0 Å². The predicted octanol–water partition coefficient (Wildman–Crippen LogP) is 15.4. The minimum Gasteiger partial charge on any atom is -0.455 e. The van der Waals surface area contributed by atoms with Gasteiger partial charge in [0.15, 0.2) is 0 Å². The highest BCUT2D eigenvalue weighted by atomic mass is 16.3. The molecule has 1 heterocycles. The van der Waals surface area contributed by atoms with Gasteiger partial charge in [-0.25, -0.2) is 0 Å². The Hall–Kier alpha value is -7.42. The van der Waals surface area contributed by atoms with Crippen LogP contribution < -0.4 is 4.90 Å². The predicted molar refractivity (Wildman–Crippen MR) is 236 cm³/mol. The lowest BCUT2D eigenvalue weighted by Crippen LogP contribution is -2.09. The molecule has 10 aromatic rings. The van der Waals surface area contributed by atoms with Crippen molar-refractivity contribution in [2.75, 3.05) is 4.90 Å². The molecule has 2 heteroatoms. The fourth-order valence-electron chi connectivity index (χ4n) is 7.71. The van der Waals surface area contributed by atoms with Gasteiger partial charge in [-0.3, -0.25) is 0 Å². The van der Waals surface area contributed by atoms with Gasteiger partial charge in [0.25, 0.3) is 0 Å². The van der Waals surface area contributed by atoms with Crippen molar-refractivity contribution >= 4 is 38.8 Å². The molecule has 2 nitrogen and oxygen atoms in total. The second-order valence-corrected chi connectivity index (χ2v) is 14.2. The summed E-state index contributed by atoms with van der Waals surface area (Å²) in [5.41, 5.74) is 14.8. The summed E-state index contributed by atoms with van der Waals surface area (Å²) in [6, 6.07) is 79.9. The van der Waals surface area contributed by atoms with E-state index in [1.165, 1.54) is 49.9 Å². The highest BCUT2D eigenvalue weighted by molar-refractivity contribution is 6.05. The molecule has 0 radical (unpaired) electrons. The van der Waals surface area contributed by atoms with Crippen molar-refractivity contribution in [2.24, 2.45) is 0 Å². The summed E-state index contributed by atoms with van der Waals surface area (Å²) in [4.78, 5) is 2.32. The molecule has 0 N–H and O–H groups in total. The van der Waals surface area contributed by atoms with Crippen LogP contribution >= 0.6 is 0 Å². The first kappa shape index (κ1) is 33.2. The van der Waals surface area contributed by atoms with E-state index in [9.17, 15) is 0 Å². The fraction of sp³-hybridized carbons (Fsp3) is 0. The van der Waals surface area contributed by atoms with E-state index in [1.54, 1.807) is 0 Å². The van der Waals surface area contributed by atoms with Crippen molar-refractivity contribution in [1.29, 1.82) is 0 Å². The fourth-order valence-corrected chi connectivity index (χ4v) is 7.71. The van der Waals surface area contributed by atoms with Crippen LogP contribution in [-0.2, 0) is 0 Å². The average molecular weight is 716 g/mol. The second-order valence-electron chi connectivity index (χ2n) is 14.2. The van der Waals surface area contributed by atoms with Gasteiger partial charge < -0.3 is 9.32 Å². The third-order valence-corrected chi connectivity index (χ3v) is 10.7. The van der Waals surface area contributed by atoms with Crippen LogP contribution in [0, 0.1) is 0 Å². The van der Waals surface area contributed by atoms with Gasteiger partial charge in [0.1, 0.15) is 11.3 Å². The molecule has 264 valence electrons. The zero-order chi connectivity index (χ0) is 37.3. The molecule has 0 aliphatic heterocycles. The van der Waals surface area contributed by atoms with E-state index >= 15 is 0 Å². The topological polar surface area (TPSA) is 16.4 Å². The van der Waals surface area contributed by atoms with Gasteiger partial charge in [-0.15, -0.1) is 0 Å². The van der Waals surface area contributed by atoms with E-state index in [0.717, 1.165) is 44.7 Å². The average Bonchev–Trinajstić information content (AvgIpc) is 3.73. The Labute approximate surface area is 327 Å². The Morgan fingerprint density at radius 1 is 0.268 bits per heavy atom. The number of anilines is 3. The van der Waals surface area contributed by atoms with Crippen molar-refractivity contribution in [3.05, 3.63) is 224 Å². The number of hydrogen-bond donors (Lipinski definition) is 0. The number of hydrogen-bond acceptors (Lipinski definition) is 2. The maximum absolute atomic E-state index is 6.50. The molecule has 0 saturated heterocycles. The molecule has 56 heavy (non-hydrogen) atoms. The Morgan fingerprint density at radius 2 is 0.607 bits per heavy atom. The van der Waals surface area contributed by atoms with Crippen molar-refractivity contribution in [1.82, 2.24) is 0 Å². The largest absolute Gasteiger partial charge is 0.455 e. The van der Waals surface area contributed by atoms with Gasteiger partial charge in [-0.1, -0.05) is 170 Å². The molecule has 0 aliphatic carbocycles. The van der Waals surface area contributed by atoms with Gasteiger partial charge in [0.2, 0.25) is 0 Å². The van der Waals surface area contributed by atoms with Crippen LogP contribution in [-0.4, -0.2) is 0 Å². The quantitative estimate of drug-likeness (QED) is 0.156. The van der Waals surface area contributed by atoms with Crippen molar-refractivity contribution in [3.8, 4) is 55.8 Å². The van der Waals surface area contributed by atoms with Gasteiger partial charge in [-0.2, -0.15) is 0 Å². The molecule has 0 aliphatic rings. The van der Waals surface area contributed by atoms with Gasteiger partial charge in [0.05, 0.1) is 0 Å². The summed E-state index contributed by atoms with van der Waals surface area (Å²) >= 11 is 0. The molecule has 0 amide bonds. The lowest BCUT2D eigenvalue weighted by molar-refractivity contribution is 0.635. The molecule has 0 unspecified atom stereocenters. The lowest BCUT2D eigenvalue weighted by atomic mass is 9.99. The third kappa shape index (κ3) is 6.44. The number of benzene rings is 9. The Bertz CT molecular complexity index is 2770. The monoisotopic (exact) mass is 715 g/mol. The minimum atomic E-state index is 0.861. The van der Waals surface area contributed by atoms with Crippen LogP contribution in [0.3, 0.4) is 0 Å². The minimum absolute atomic E-state index is 0.861. The first-order valence-electron chi connectivity index (χ1n) is 19.1. The maximum atomic E-state index is 6.50. The van der Waals surface area contributed by atoms with Gasteiger partial charge in [0, 0.05) is 33.4 Å². The summed E-state index contributed by atoms with van der Waals surface area (Å²) in [7, 11) is 0. The van der Waals surface area contributed by atoms with Crippen LogP contribution in [0.5, 0.6) is 0 Å². The highest BCUT2D eigenvalue weighted by Gasteiger charge is 2.15. The molecule has 0 atom stereocenters. The lowest BCUT2D eigenvalue weighted by Gasteiger charge is -2.26. The number of furan rings is 1. The van der Waals surface area contributed by atoms with E-state index in [4.69, 9.17) is 4.42 Å². The van der Waals surface area contributed by atoms with E-state index in [-0.39, 0.29) is 0 Å². The van der Waals surface area contributed by atoms with Gasteiger partial charge >= 0.3 is 0 Å². The number of fused-ring (bicyclic) bond motifs is 3. The summed E-state index contributed by atoms with van der Waals surface area (Å²) in [6.07, 6.45) is 0. The van der Waals surface area contributed by atoms with Crippen LogP contribution in [0.2, 0.25) is 0 Å². The first-order chi connectivity index (χ1) is 27.7. The van der Waals surface area contributed by atoms with Crippen LogP contribution in [0.15, 0.2) is 229 Å². The van der Waals surface area contributed by atoms with Gasteiger partial charge in [-0.05, 0) is 104 Å². The normalized spacial score (nSPS) is 11.2. The van der Waals surface area contributed by atoms with E-state index in [0.29, 0.717) is 0 Å². The molecule has 0 bridgehead atoms. The summed E-state index contributed by atoms with van der Waals surface area (Å²) in [6.45, 7) is 0. The SMILES string of the molecule is c1ccc(-c2ccc(-c3ccc(N(c4ccc(-c5ccc(-c6ccccc6)cc5)cc4)c4ccc(-c5cc6ccc7ccccc7c6o5)cc4)cc3)cc2)cc1. The zero-order valence-corrected chi connectivity index (χ0v) is 30.7. The number of rotatable bonds is 8. The first-order valence-corrected chi connectivity index (χ1v) is 19.1. The summed E-state index contributed by atoms with van der Waals surface area (Å²) in [5, 5.41) is 3.41. The van der Waals surface area contributed by atoms with Crippen LogP contribution in [0.25, 0.3) is 77.6 Å². The Balaban J connectivity index is 0.979. The molecule has 0 saturated carbocycles. The second kappa shape index (κ2) is 14.4. The van der Waals surface area contributed by atoms with Crippen molar-refractivity contribution in [2.45, 2.75) is 0 Å². The van der Waals surface area contributed by atoms with Crippen LogP contribution in [0.1, 0.15) is 0 Å². The summed E-state index contributed by atoms with van der Waals surface area (Å²) in [5.74, 6) is 0.861. The number of nitrogens with zero attached hydrogens (tertiary/aromatic N) is 1.